The molecule has 0 heterocycles. The molecular weight excluding hydrogens is 242 g/mol. The number of hydrogen-bond acceptors (Lipinski definition) is 4. The van der Waals surface area contributed by atoms with Crippen molar-refractivity contribution in [3.05, 3.63) is 0 Å². The van der Waals surface area contributed by atoms with Crippen molar-refractivity contribution in [2.75, 3.05) is 13.7 Å². The Bertz CT molecular complexity index is 279. The molecule has 0 amide bonds. The monoisotopic (exact) mass is 271 g/mol. The molecule has 1 saturated carbocycles. The summed E-state index contributed by atoms with van der Waals surface area (Å²) < 4.78 is 10.6. The van der Waals surface area contributed by atoms with Gasteiger partial charge in [-0.05, 0) is 44.9 Å². The molecule has 4 heteroatoms. The first kappa shape index (κ1) is 16.4. The highest BCUT2D eigenvalue weighted by Gasteiger charge is 2.28. The van der Waals surface area contributed by atoms with E-state index in [1.165, 1.54) is 32.8 Å². The van der Waals surface area contributed by atoms with Crippen LogP contribution in [0.2, 0.25) is 0 Å². The van der Waals surface area contributed by atoms with Crippen LogP contribution in [0.4, 0.5) is 0 Å². The van der Waals surface area contributed by atoms with Gasteiger partial charge in [-0.25, -0.2) is 0 Å². The van der Waals surface area contributed by atoms with Gasteiger partial charge in [0.15, 0.2) is 0 Å². The van der Waals surface area contributed by atoms with E-state index in [-0.39, 0.29) is 5.97 Å². The molecular formula is C15H29NO3. The second kappa shape index (κ2) is 7.85. The Morgan fingerprint density at radius 3 is 2.63 bits per heavy atom. The first-order valence-corrected chi connectivity index (χ1v) is 7.46. The van der Waals surface area contributed by atoms with Gasteiger partial charge in [-0.2, -0.15) is 0 Å². The van der Waals surface area contributed by atoms with E-state index in [2.05, 4.69) is 11.7 Å². The first-order chi connectivity index (χ1) is 8.97. The van der Waals surface area contributed by atoms with Crippen molar-refractivity contribution < 1.29 is 14.3 Å². The molecule has 0 aromatic heterocycles. The molecule has 19 heavy (non-hydrogen) atoms. The Labute approximate surface area is 117 Å². The van der Waals surface area contributed by atoms with Crippen molar-refractivity contribution >= 4 is 5.97 Å². The number of carbonyl (C=O) groups excluding carboxylic acids is 1. The predicted molar refractivity (Wildman–Crippen MR) is 75.8 cm³/mol. The molecule has 3 unspecified atom stereocenters. The summed E-state index contributed by atoms with van der Waals surface area (Å²) in [5.41, 5.74) is 5.03. The molecule has 1 rings (SSSR count). The van der Waals surface area contributed by atoms with Crippen LogP contribution in [0.3, 0.4) is 0 Å². The second-order valence-electron chi connectivity index (χ2n) is 6.04. The van der Waals surface area contributed by atoms with Gasteiger partial charge in [0.1, 0.15) is 5.54 Å². The van der Waals surface area contributed by atoms with Crippen molar-refractivity contribution in [1.29, 1.82) is 0 Å². The van der Waals surface area contributed by atoms with Gasteiger partial charge in [-0.1, -0.05) is 19.8 Å². The van der Waals surface area contributed by atoms with Crippen LogP contribution in [0.25, 0.3) is 0 Å². The Morgan fingerprint density at radius 1 is 1.32 bits per heavy atom. The largest absolute Gasteiger partial charge is 0.468 e. The highest BCUT2D eigenvalue weighted by molar-refractivity contribution is 5.79. The van der Waals surface area contributed by atoms with Crippen LogP contribution in [-0.4, -0.2) is 31.3 Å². The average molecular weight is 271 g/mol. The van der Waals surface area contributed by atoms with Crippen LogP contribution in [0.1, 0.15) is 58.8 Å². The summed E-state index contributed by atoms with van der Waals surface area (Å²) in [5, 5.41) is 0. The Balaban J connectivity index is 2.12. The zero-order valence-corrected chi connectivity index (χ0v) is 12.6. The summed E-state index contributed by atoms with van der Waals surface area (Å²) in [5.74, 6) is 0.345. The Morgan fingerprint density at radius 2 is 2.00 bits per heavy atom. The lowest BCUT2D eigenvalue weighted by atomic mass is 9.88. The van der Waals surface area contributed by atoms with E-state index in [0.29, 0.717) is 18.4 Å². The maximum Gasteiger partial charge on any atom is 0.325 e. The molecule has 0 radical (unpaired) electrons. The third kappa shape index (κ3) is 5.49. The number of hydrogen-bond donors (Lipinski definition) is 1. The van der Waals surface area contributed by atoms with E-state index in [1.807, 2.05) is 0 Å². The summed E-state index contributed by atoms with van der Waals surface area (Å²) >= 11 is 0. The lowest BCUT2D eigenvalue weighted by Crippen LogP contribution is -2.45. The van der Waals surface area contributed by atoms with Crippen LogP contribution < -0.4 is 5.73 Å². The van der Waals surface area contributed by atoms with Crippen LogP contribution in [0, 0.1) is 5.92 Å². The van der Waals surface area contributed by atoms with Crippen LogP contribution in [0.15, 0.2) is 0 Å². The molecule has 0 bridgehead atoms. The summed E-state index contributed by atoms with van der Waals surface area (Å²) in [6.45, 7) is 4.77. The summed E-state index contributed by atoms with van der Waals surface area (Å²) in [6.07, 6.45) is 8.02. The van der Waals surface area contributed by atoms with Gasteiger partial charge in [0.2, 0.25) is 0 Å². The van der Waals surface area contributed by atoms with Gasteiger partial charge in [0, 0.05) is 6.61 Å². The highest BCUT2D eigenvalue weighted by atomic mass is 16.5. The van der Waals surface area contributed by atoms with Crippen molar-refractivity contribution in [2.45, 2.75) is 70.4 Å². The number of unbranched alkanes of at least 4 members (excludes halogenated alkanes) is 1. The third-order valence-electron chi connectivity index (χ3n) is 4.11. The second-order valence-corrected chi connectivity index (χ2v) is 6.04. The number of esters is 1. The van der Waals surface area contributed by atoms with E-state index < -0.39 is 5.54 Å². The normalized spacial score (nSPS) is 26.7. The lowest BCUT2D eigenvalue weighted by molar-refractivity contribution is -0.146. The van der Waals surface area contributed by atoms with Gasteiger partial charge in [0.05, 0.1) is 13.2 Å². The Hall–Kier alpha value is -0.610. The van der Waals surface area contributed by atoms with E-state index in [9.17, 15) is 4.79 Å². The topological polar surface area (TPSA) is 61.5 Å². The first-order valence-electron chi connectivity index (χ1n) is 7.46. The summed E-state index contributed by atoms with van der Waals surface area (Å²) in [6, 6.07) is 0. The average Bonchev–Trinajstić information content (AvgIpc) is 2.39. The molecule has 4 nitrogen and oxygen atoms in total. The number of ether oxygens (including phenoxy) is 2. The standard InChI is InChI=1S/C15H29NO3/c1-12-8-4-5-9-13(12)19-11-7-6-10-15(2,16)14(17)18-3/h12-13H,4-11,16H2,1-3H3. The van der Waals surface area contributed by atoms with E-state index in [1.54, 1.807) is 6.92 Å². The Kier molecular flexibility index (Phi) is 6.80. The zero-order valence-electron chi connectivity index (χ0n) is 12.6. The minimum absolute atomic E-state index is 0.339. The van der Waals surface area contributed by atoms with Crippen molar-refractivity contribution in [3.8, 4) is 0 Å². The van der Waals surface area contributed by atoms with Gasteiger partial charge in [-0.15, -0.1) is 0 Å². The van der Waals surface area contributed by atoms with Crippen molar-refractivity contribution in [3.63, 3.8) is 0 Å². The number of carbonyl (C=O) groups is 1. The maximum atomic E-state index is 11.4. The van der Waals surface area contributed by atoms with Crippen molar-refractivity contribution in [2.24, 2.45) is 11.7 Å². The predicted octanol–water partition coefficient (Wildman–Crippen LogP) is 2.64. The molecule has 1 aliphatic carbocycles. The highest BCUT2D eigenvalue weighted by Crippen LogP contribution is 2.26. The fraction of sp³-hybridized carbons (Fsp3) is 0.933. The fourth-order valence-corrected chi connectivity index (χ4v) is 2.69. The lowest BCUT2D eigenvalue weighted by Gasteiger charge is -2.29. The van der Waals surface area contributed by atoms with Gasteiger partial charge < -0.3 is 15.2 Å². The quantitative estimate of drug-likeness (QED) is 0.571. The maximum absolute atomic E-state index is 11.4. The van der Waals surface area contributed by atoms with Crippen LogP contribution in [0.5, 0.6) is 0 Å². The molecule has 1 aliphatic rings. The molecule has 0 aromatic carbocycles. The zero-order chi connectivity index (χ0) is 14.3. The fourth-order valence-electron chi connectivity index (χ4n) is 2.69. The molecule has 1 fully saturated rings. The number of nitrogens with two attached hydrogens (primary N) is 1. The van der Waals surface area contributed by atoms with Crippen molar-refractivity contribution in [1.82, 2.24) is 0 Å². The molecule has 0 aliphatic heterocycles. The van der Waals surface area contributed by atoms with Gasteiger partial charge >= 0.3 is 5.97 Å². The molecule has 0 aromatic rings. The van der Waals surface area contributed by atoms with E-state index in [4.69, 9.17) is 10.5 Å². The van der Waals surface area contributed by atoms with E-state index in [0.717, 1.165) is 19.4 Å². The molecule has 3 atom stereocenters. The van der Waals surface area contributed by atoms with Gasteiger partial charge in [0.25, 0.3) is 0 Å². The third-order valence-corrected chi connectivity index (χ3v) is 4.11. The number of methoxy groups -OCH3 is 1. The molecule has 0 spiro atoms. The molecule has 112 valence electrons. The minimum Gasteiger partial charge on any atom is -0.468 e. The summed E-state index contributed by atoms with van der Waals surface area (Å²) in [4.78, 5) is 11.4. The number of rotatable bonds is 7. The SMILES string of the molecule is COC(=O)C(C)(N)CCCCOC1CCCCC1C. The summed E-state index contributed by atoms with van der Waals surface area (Å²) in [7, 11) is 1.38. The van der Waals surface area contributed by atoms with Crippen LogP contribution in [-0.2, 0) is 14.3 Å². The minimum atomic E-state index is -0.868. The smallest absolute Gasteiger partial charge is 0.325 e. The van der Waals surface area contributed by atoms with E-state index >= 15 is 0 Å². The molecule has 0 saturated heterocycles. The van der Waals surface area contributed by atoms with Crippen LogP contribution >= 0.6 is 0 Å². The molecule has 2 N–H and O–H groups in total. The van der Waals surface area contributed by atoms with Gasteiger partial charge in [-0.3, -0.25) is 4.79 Å².